The van der Waals surface area contributed by atoms with Gasteiger partial charge in [-0.25, -0.2) is 18.7 Å². The number of thiazole rings is 1. The van der Waals surface area contributed by atoms with E-state index in [0.29, 0.717) is 35.1 Å². The van der Waals surface area contributed by atoms with E-state index in [1.165, 1.54) is 22.3 Å². The smallest absolute Gasteiger partial charge is 0.227 e. The van der Waals surface area contributed by atoms with E-state index in [1.54, 1.807) is 0 Å². The molecule has 1 amide bonds. The lowest BCUT2D eigenvalue weighted by atomic mass is 9.99. The number of benzene rings is 3. The van der Waals surface area contributed by atoms with Crippen molar-refractivity contribution < 1.29 is 23.2 Å². The van der Waals surface area contributed by atoms with E-state index in [-0.39, 0.29) is 24.6 Å². The van der Waals surface area contributed by atoms with Gasteiger partial charge in [0, 0.05) is 34.7 Å². The van der Waals surface area contributed by atoms with Gasteiger partial charge in [-0.05, 0) is 62.1 Å². The van der Waals surface area contributed by atoms with Crippen LogP contribution in [0.2, 0.25) is 0 Å². The number of carbonyl (C=O) groups is 1. The molecule has 0 radical (unpaired) electrons. The summed E-state index contributed by atoms with van der Waals surface area (Å²) in [6.45, 7) is 3.70. The van der Waals surface area contributed by atoms with Gasteiger partial charge in [0.05, 0.1) is 35.1 Å². The fourth-order valence-electron chi connectivity index (χ4n) is 5.93. The van der Waals surface area contributed by atoms with Crippen LogP contribution >= 0.6 is 11.3 Å². The van der Waals surface area contributed by atoms with Crippen LogP contribution in [0.1, 0.15) is 48.1 Å². The minimum Gasteiger partial charge on any atom is -0.392 e. The number of amides is 1. The van der Waals surface area contributed by atoms with E-state index in [9.17, 15) is 18.7 Å². The monoisotopic (exact) mass is 611 g/mol. The van der Waals surface area contributed by atoms with Crippen molar-refractivity contribution >= 4 is 34.0 Å². The molecule has 1 saturated heterocycles. The summed E-state index contributed by atoms with van der Waals surface area (Å²) in [6.07, 6.45) is 1.49. The van der Waals surface area contributed by atoms with Gasteiger partial charge in [-0.3, -0.25) is 9.36 Å². The fraction of sp³-hybridized carbons (Fsp3) is 0.212. The summed E-state index contributed by atoms with van der Waals surface area (Å²) in [5, 5.41) is 16.1. The molecule has 222 valence electrons. The molecule has 1 atom stereocenters. The Kier molecular flexibility index (Phi) is 7.06. The van der Waals surface area contributed by atoms with E-state index in [4.69, 9.17) is 14.5 Å². The Balaban J connectivity index is 1.41. The molecule has 44 heavy (non-hydrogen) atoms. The summed E-state index contributed by atoms with van der Waals surface area (Å²) in [7, 11) is 0. The van der Waals surface area contributed by atoms with Crippen LogP contribution in [0.4, 0.5) is 14.5 Å². The lowest BCUT2D eigenvalue weighted by Crippen LogP contribution is -2.39. The quantitative estimate of drug-likeness (QED) is 0.210. The Bertz CT molecular complexity index is 2010. The number of halogens is 2. The van der Waals surface area contributed by atoms with Gasteiger partial charge in [0.2, 0.25) is 5.91 Å². The highest BCUT2D eigenvalue weighted by atomic mass is 32.1. The minimum atomic E-state index is -1.02. The number of aromatic nitrogens is 4. The van der Waals surface area contributed by atoms with Crippen molar-refractivity contribution in [2.45, 2.75) is 45.8 Å². The second-order valence-corrected chi connectivity index (χ2v) is 11.7. The lowest BCUT2D eigenvalue weighted by molar-refractivity contribution is -0.120. The van der Waals surface area contributed by atoms with Crippen molar-refractivity contribution in [1.29, 1.82) is 0 Å². The standard InChI is InChI=1S/C33H27F2N5O3S/c1-18-31(19(2)43-38-18)22-10-13-28-26(14-22)36-32(29-4-3-5-30(42)39(29)23-11-12-24(34)25(35)15-23)40(28)33-37-27(17-44-33)21-8-6-20(16-41)7-9-21/h6-15,17,29,41H,3-5,16H2,1-2H3. The SMILES string of the molecule is Cc1noc(C)c1-c1ccc2c(c1)nc(C1CCCC(=O)N1c1ccc(F)c(F)c1)n2-c1nc(-c2ccc(CO)cc2)cs1. The van der Waals surface area contributed by atoms with Gasteiger partial charge in [0.15, 0.2) is 16.8 Å². The summed E-state index contributed by atoms with van der Waals surface area (Å²) in [4.78, 5) is 25.0. The summed E-state index contributed by atoms with van der Waals surface area (Å²) >= 11 is 1.44. The number of carbonyl (C=O) groups excluding carboxylic acids is 1. The van der Waals surface area contributed by atoms with E-state index in [2.05, 4.69) is 5.16 Å². The first-order valence-electron chi connectivity index (χ1n) is 14.2. The number of piperidine rings is 1. The average Bonchev–Trinajstić information content (AvgIpc) is 3.75. The second kappa shape index (κ2) is 11.1. The van der Waals surface area contributed by atoms with Crippen molar-refractivity contribution in [3.05, 3.63) is 101 Å². The zero-order valence-corrected chi connectivity index (χ0v) is 24.7. The molecule has 0 bridgehead atoms. The Hall–Kier alpha value is -4.74. The molecule has 1 N–H and O–H groups in total. The van der Waals surface area contributed by atoms with Gasteiger partial charge in [0.1, 0.15) is 11.6 Å². The van der Waals surface area contributed by atoms with Crippen LogP contribution < -0.4 is 4.90 Å². The number of aryl methyl sites for hydroxylation is 2. The van der Waals surface area contributed by atoms with E-state index in [1.807, 2.05) is 66.3 Å². The van der Waals surface area contributed by atoms with Crippen molar-refractivity contribution in [3.63, 3.8) is 0 Å². The number of fused-ring (bicyclic) bond motifs is 1. The first kappa shape index (κ1) is 28.1. The number of anilines is 1. The Morgan fingerprint density at radius 1 is 1.00 bits per heavy atom. The molecule has 1 unspecified atom stereocenters. The zero-order chi connectivity index (χ0) is 30.5. The third-order valence-electron chi connectivity index (χ3n) is 8.05. The molecule has 7 rings (SSSR count). The van der Waals surface area contributed by atoms with Gasteiger partial charge < -0.3 is 14.5 Å². The van der Waals surface area contributed by atoms with Gasteiger partial charge in [-0.1, -0.05) is 35.5 Å². The molecular weight excluding hydrogens is 584 g/mol. The molecular formula is C33H27F2N5O3S. The van der Waals surface area contributed by atoms with Gasteiger partial charge >= 0.3 is 0 Å². The highest BCUT2D eigenvalue weighted by molar-refractivity contribution is 7.12. The van der Waals surface area contributed by atoms with Crippen molar-refractivity contribution in [2.75, 3.05) is 4.90 Å². The van der Waals surface area contributed by atoms with E-state index >= 15 is 0 Å². The maximum atomic E-state index is 14.4. The second-order valence-electron chi connectivity index (χ2n) is 10.8. The summed E-state index contributed by atoms with van der Waals surface area (Å²) in [5.41, 5.74) is 6.76. The van der Waals surface area contributed by atoms with Gasteiger partial charge in [-0.15, -0.1) is 11.3 Å². The van der Waals surface area contributed by atoms with Crippen LogP contribution in [-0.2, 0) is 11.4 Å². The molecule has 3 aromatic heterocycles. The fourth-order valence-corrected chi connectivity index (χ4v) is 6.78. The minimum absolute atomic E-state index is 0.0442. The molecule has 8 nitrogen and oxygen atoms in total. The molecule has 11 heteroatoms. The number of rotatable bonds is 6. The van der Waals surface area contributed by atoms with Crippen LogP contribution in [0.5, 0.6) is 0 Å². The van der Waals surface area contributed by atoms with Crippen molar-refractivity contribution in [1.82, 2.24) is 19.7 Å². The molecule has 0 saturated carbocycles. The third-order valence-corrected chi connectivity index (χ3v) is 8.87. The average molecular weight is 612 g/mol. The predicted molar refractivity (Wildman–Crippen MR) is 164 cm³/mol. The van der Waals surface area contributed by atoms with Crippen LogP contribution in [-0.4, -0.2) is 30.7 Å². The molecule has 4 heterocycles. The van der Waals surface area contributed by atoms with Crippen LogP contribution in [0.25, 0.3) is 38.5 Å². The van der Waals surface area contributed by atoms with Crippen molar-refractivity contribution in [2.24, 2.45) is 0 Å². The maximum absolute atomic E-state index is 14.4. The summed E-state index contributed by atoms with van der Waals surface area (Å²) in [5.74, 6) is -0.915. The van der Waals surface area contributed by atoms with Gasteiger partial charge in [-0.2, -0.15) is 0 Å². The summed E-state index contributed by atoms with van der Waals surface area (Å²) < 4.78 is 35.6. The molecule has 0 spiro atoms. The normalized spacial score (nSPS) is 15.4. The van der Waals surface area contributed by atoms with Crippen LogP contribution in [0.15, 0.2) is 70.6 Å². The van der Waals surface area contributed by atoms with Crippen LogP contribution in [0.3, 0.4) is 0 Å². The zero-order valence-electron chi connectivity index (χ0n) is 23.9. The molecule has 1 fully saturated rings. The number of hydrogen-bond donors (Lipinski definition) is 1. The highest BCUT2D eigenvalue weighted by Crippen LogP contribution is 2.40. The lowest BCUT2D eigenvalue weighted by Gasteiger charge is -2.35. The van der Waals surface area contributed by atoms with Crippen LogP contribution in [0, 0.1) is 25.5 Å². The van der Waals surface area contributed by atoms with Gasteiger partial charge in [0.25, 0.3) is 0 Å². The number of imidazole rings is 1. The number of aliphatic hydroxyl groups is 1. The molecule has 6 aromatic rings. The number of hydrogen-bond acceptors (Lipinski definition) is 7. The maximum Gasteiger partial charge on any atom is 0.227 e. The predicted octanol–water partition coefficient (Wildman–Crippen LogP) is 7.45. The third kappa shape index (κ3) is 4.78. The molecule has 1 aliphatic heterocycles. The first-order chi connectivity index (χ1) is 21.3. The molecule has 0 aliphatic carbocycles. The van der Waals surface area contributed by atoms with Crippen molar-refractivity contribution in [3.8, 4) is 27.5 Å². The Morgan fingerprint density at radius 2 is 1.80 bits per heavy atom. The number of nitrogens with zero attached hydrogens (tertiary/aromatic N) is 5. The highest BCUT2D eigenvalue weighted by Gasteiger charge is 2.35. The van der Waals surface area contributed by atoms with E-state index in [0.717, 1.165) is 51.3 Å². The molecule has 3 aromatic carbocycles. The first-order valence-corrected chi connectivity index (χ1v) is 15.1. The van der Waals surface area contributed by atoms with E-state index < -0.39 is 17.7 Å². The number of aliphatic hydroxyl groups excluding tert-OH is 1. The Labute approximate surface area is 255 Å². The summed E-state index contributed by atoms with van der Waals surface area (Å²) in [6, 6.07) is 16.4. The Morgan fingerprint density at radius 3 is 2.52 bits per heavy atom. The topological polar surface area (TPSA) is 97.3 Å². The molecule has 1 aliphatic rings. The largest absolute Gasteiger partial charge is 0.392 e.